The Hall–Kier alpha value is -4.93. The van der Waals surface area contributed by atoms with Crippen LogP contribution in [0.1, 0.15) is 89.9 Å². The van der Waals surface area contributed by atoms with Crippen LogP contribution in [0, 0.1) is 12.1 Å². The summed E-state index contributed by atoms with van der Waals surface area (Å²) >= 11 is 0. The summed E-state index contributed by atoms with van der Waals surface area (Å²) in [5.41, 5.74) is 12.3. The molecule has 3 nitrogen and oxygen atoms in total. The Balaban J connectivity index is 0.000000190. The number of aromatic nitrogens is 2. The summed E-state index contributed by atoms with van der Waals surface area (Å²) in [6.45, 7) is 7.07. The molecule has 2 fully saturated rings. The van der Waals surface area contributed by atoms with Gasteiger partial charge in [-0.3, -0.25) is 0 Å². The average molecular weight is 981 g/mol. The van der Waals surface area contributed by atoms with E-state index in [1.807, 2.05) is 48.7 Å². The van der Waals surface area contributed by atoms with Gasteiger partial charge in [0, 0.05) is 40.8 Å². The van der Waals surface area contributed by atoms with Gasteiger partial charge in [0.15, 0.2) is 0 Å². The van der Waals surface area contributed by atoms with Gasteiger partial charge in [-0.1, -0.05) is 166 Å². The van der Waals surface area contributed by atoms with Crippen LogP contribution in [0.2, 0.25) is 19.6 Å². The van der Waals surface area contributed by atoms with Gasteiger partial charge in [-0.15, -0.1) is 53.6 Å². The van der Waals surface area contributed by atoms with E-state index in [9.17, 15) is 0 Å². The average Bonchev–Trinajstić information content (AvgIpc) is 3.68. The van der Waals surface area contributed by atoms with Crippen LogP contribution >= 0.6 is 0 Å². The molecular weight excluding hydrogens is 925 g/mol. The quantitative estimate of drug-likeness (QED) is 0.118. The summed E-state index contributed by atoms with van der Waals surface area (Å²) in [6.07, 6.45) is 14.8. The van der Waals surface area contributed by atoms with Gasteiger partial charge in [-0.2, -0.15) is 0 Å². The van der Waals surface area contributed by atoms with Crippen LogP contribution in [-0.2, 0) is 20.1 Å². The molecule has 3 aromatic heterocycles. The Morgan fingerprint density at radius 1 is 0.617 bits per heavy atom. The minimum Gasteiger partial charge on any atom is -0.476 e. The molecule has 2 aliphatic rings. The van der Waals surface area contributed by atoms with Crippen molar-refractivity contribution in [3.8, 4) is 44.8 Å². The molecule has 0 atom stereocenters. The van der Waals surface area contributed by atoms with E-state index in [0.29, 0.717) is 0 Å². The molecule has 0 bridgehead atoms. The molecule has 3 heterocycles. The van der Waals surface area contributed by atoms with Crippen molar-refractivity contribution in [2.45, 2.75) is 95.6 Å². The predicted molar refractivity (Wildman–Crippen MR) is 250 cm³/mol. The first-order valence-electron chi connectivity index (χ1n) is 22.6. The first kappa shape index (κ1) is 39.2. The fraction of sp³-hybridized carbons (Fsp3) is 0.273. The van der Waals surface area contributed by atoms with E-state index in [1.165, 1.54) is 47.6 Å². The number of pyridine rings is 2. The summed E-state index contributed by atoms with van der Waals surface area (Å²) in [7, 11) is -1.53. The predicted octanol–water partition coefficient (Wildman–Crippen LogP) is 15.0. The van der Waals surface area contributed by atoms with Crippen molar-refractivity contribution in [2.75, 3.05) is 0 Å². The van der Waals surface area contributed by atoms with E-state index in [2.05, 4.69) is 128 Å². The van der Waals surface area contributed by atoms with Gasteiger partial charge in [0.25, 0.3) is 0 Å². The van der Waals surface area contributed by atoms with Gasteiger partial charge in [0.1, 0.15) is 5.58 Å². The van der Waals surface area contributed by atoms with E-state index >= 15 is 0 Å². The van der Waals surface area contributed by atoms with Crippen molar-refractivity contribution in [1.82, 2.24) is 9.97 Å². The van der Waals surface area contributed by atoms with Gasteiger partial charge in [0.05, 0.1) is 13.7 Å². The molecule has 0 saturated heterocycles. The van der Waals surface area contributed by atoms with Crippen molar-refractivity contribution in [1.29, 1.82) is 0 Å². The second-order valence-electron chi connectivity index (χ2n) is 17.3. The molecule has 2 saturated carbocycles. The number of hydrogen-bond acceptors (Lipinski definition) is 3. The van der Waals surface area contributed by atoms with E-state index in [-0.39, 0.29) is 20.1 Å². The molecule has 8 aromatic rings. The summed E-state index contributed by atoms with van der Waals surface area (Å²) < 4.78 is 24.7. The zero-order valence-electron chi connectivity index (χ0n) is 37.0. The maximum absolute atomic E-state index is 9.13. The van der Waals surface area contributed by atoms with Crippen molar-refractivity contribution in [3.05, 3.63) is 163 Å². The first-order chi connectivity index (χ1) is 29.6. The number of hydrogen-bond donors (Lipinski definition) is 0. The molecule has 0 unspecified atom stereocenters. The molecule has 2 aliphatic carbocycles. The summed E-state index contributed by atoms with van der Waals surface area (Å²) in [5, 5.41) is 3.49. The van der Waals surface area contributed by atoms with Crippen molar-refractivity contribution >= 4 is 35.2 Å². The molecule has 0 spiro atoms. The van der Waals surface area contributed by atoms with Crippen molar-refractivity contribution < 1.29 is 27.3 Å². The number of furan rings is 1. The maximum atomic E-state index is 9.13. The van der Waals surface area contributed by atoms with E-state index in [4.69, 9.17) is 12.1 Å². The number of fused-ring (bicyclic) bond motifs is 3. The van der Waals surface area contributed by atoms with Crippen LogP contribution in [0.3, 0.4) is 0 Å². The first-order valence-corrected chi connectivity index (χ1v) is 25.1. The molecule has 305 valence electrons. The Morgan fingerprint density at radius 3 is 2.02 bits per heavy atom. The smallest absolute Gasteiger partial charge is 0.131 e. The molecule has 5 aromatic carbocycles. The Bertz CT molecular complexity index is 2770. The molecule has 60 heavy (non-hydrogen) atoms. The number of nitrogens with zero attached hydrogens (tertiary/aromatic N) is 2. The van der Waals surface area contributed by atoms with Crippen molar-refractivity contribution in [3.63, 3.8) is 0 Å². The van der Waals surface area contributed by atoms with Gasteiger partial charge < -0.3 is 14.4 Å². The summed E-state index contributed by atoms with van der Waals surface area (Å²) in [5.74, 6) is -0.940. The van der Waals surface area contributed by atoms with E-state index < -0.39 is 19.9 Å². The maximum Gasteiger partial charge on any atom is 0.131 e. The van der Waals surface area contributed by atoms with Gasteiger partial charge >= 0.3 is 0 Å². The monoisotopic (exact) mass is 981 g/mol. The Morgan fingerprint density at radius 2 is 1.30 bits per heavy atom. The third-order valence-electron chi connectivity index (χ3n) is 12.2. The van der Waals surface area contributed by atoms with E-state index in [1.54, 1.807) is 0 Å². The largest absolute Gasteiger partial charge is 0.476 e. The van der Waals surface area contributed by atoms with Gasteiger partial charge in [0.2, 0.25) is 0 Å². The molecule has 0 aliphatic heterocycles. The number of rotatable bonds is 7. The minimum absolute atomic E-state index is 0. The molecule has 0 amide bonds. The zero-order chi connectivity index (χ0) is 42.0. The molecule has 5 heteroatoms. The molecule has 0 N–H and O–H groups in total. The molecule has 1 radical (unpaired) electrons. The normalized spacial score (nSPS) is 16.5. The van der Waals surface area contributed by atoms with Crippen LogP contribution in [0.4, 0.5) is 0 Å². The SMILES string of the molecule is [2H]C1(c2cc(-c3[c-]cccc3)ncc2[Si](C)(C)C)CCCCC1.[2H]C1(c2ccnc(-c3[c-]cc4c(c3)oc3c(-c5ccc(-c6ccccc6)cc5)cccc34)c2)CCCCC1.[Ir]. The van der Waals surface area contributed by atoms with Gasteiger partial charge in [-0.25, -0.2) is 0 Å². The zero-order valence-corrected chi connectivity index (χ0v) is 38.4. The minimum atomic E-state index is -1.53. The fourth-order valence-corrected chi connectivity index (χ4v) is 10.5. The van der Waals surface area contributed by atoms with Crippen molar-refractivity contribution in [2.24, 2.45) is 0 Å². The Labute approximate surface area is 373 Å². The molecular formula is C55H54IrN2OSi-2. The third kappa shape index (κ3) is 9.20. The number of benzene rings is 5. The molecule has 10 rings (SSSR count). The van der Waals surface area contributed by atoms with Crippen LogP contribution in [0.25, 0.3) is 66.7 Å². The summed E-state index contributed by atoms with van der Waals surface area (Å²) in [6, 6.07) is 50.5. The Kier molecular flexibility index (Phi) is 12.3. The third-order valence-corrected chi connectivity index (χ3v) is 14.2. The van der Waals surface area contributed by atoms with E-state index in [0.717, 1.165) is 99.7 Å². The van der Waals surface area contributed by atoms with Gasteiger partial charge in [-0.05, 0) is 82.2 Å². The standard InChI is InChI=1S/C35H28NO.C20H26NSi.Ir/c1-3-8-24(9-4-1)26-14-16-27(17-15-26)30-12-7-13-32-31-19-18-29(23-34(31)37-35(30)32)33-22-28(20-21-36-33)25-10-5-2-6-11-25;1-22(2,3)20-15-21-19(17-12-8-5-9-13-17)14-18(20)16-10-6-4-7-11-16;/h1,3-4,7-9,12-17,19-23,25H,2,5-6,10-11H2;5,8-9,12,14-16H,4,6-7,10-11H2,1-3H3;/q2*-1;/i25D;16D;. The second-order valence-corrected chi connectivity index (χ2v) is 22.3. The van der Waals surface area contributed by atoms with Crippen LogP contribution in [0.15, 0.2) is 144 Å². The second kappa shape index (κ2) is 18.8. The topological polar surface area (TPSA) is 38.9 Å². The summed E-state index contributed by atoms with van der Waals surface area (Å²) in [4.78, 5) is 9.36. The number of para-hydroxylation sites is 1. The van der Waals surface area contributed by atoms with Crippen LogP contribution < -0.4 is 5.19 Å². The van der Waals surface area contributed by atoms with Crippen LogP contribution in [-0.4, -0.2) is 18.0 Å². The van der Waals surface area contributed by atoms with Crippen LogP contribution in [0.5, 0.6) is 0 Å². The fourth-order valence-electron chi connectivity index (χ4n) is 8.94.